The quantitative estimate of drug-likeness (QED) is 0.622. The second-order valence-electron chi connectivity index (χ2n) is 5.89. The maximum atomic E-state index is 12.5. The lowest BCUT2D eigenvalue weighted by atomic mass is 9.82. The average molecular weight is 314 g/mol. The van der Waals surface area contributed by atoms with Crippen molar-refractivity contribution in [3.63, 3.8) is 0 Å². The van der Waals surface area contributed by atoms with Crippen LogP contribution in [0.4, 0.5) is 5.69 Å². The van der Waals surface area contributed by atoms with Gasteiger partial charge in [0.15, 0.2) is 0 Å². The van der Waals surface area contributed by atoms with Crippen LogP contribution in [0.25, 0.3) is 0 Å². The highest BCUT2D eigenvalue weighted by molar-refractivity contribution is 6.06. The summed E-state index contributed by atoms with van der Waals surface area (Å²) in [5, 5.41) is 13.9. The Morgan fingerprint density at radius 3 is 2.57 bits per heavy atom. The van der Waals surface area contributed by atoms with Crippen LogP contribution in [0.2, 0.25) is 0 Å². The van der Waals surface area contributed by atoms with Gasteiger partial charge in [0.25, 0.3) is 0 Å². The van der Waals surface area contributed by atoms with Gasteiger partial charge in [0, 0.05) is 18.1 Å². The number of carbonyl (C=O) groups is 2. The van der Waals surface area contributed by atoms with Gasteiger partial charge in [-0.05, 0) is 24.5 Å². The Morgan fingerprint density at radius 1 is 1.22 bits per heavy atom. The normalized spacial score (nSPS) is 16.1. The minimum atomic E-state index is -0.764. The number of hydrogen-bond acceptors (Lipinski definition) is 4. The Morgan fingerprint density at radius 2 is 1.91 bits per heavy atom. The molecule has 0 aliphatic heterocycles. The van der Waals surface area contributed by atoms with E-state index in [0.29, 0.717) is 18.0 Å². The topological polar surface area (TPSA) is 94.9 Å². The van der Waals surface area contributed by atoms with E-state index in [1.165, 1.54) is 6.42 Å². The molecule has 6 heteroatoms. The monoisotopic (exact) mass is 314 g/mol. The zero-order chi connectivity index (χ0) is 16.5. The van der Waals surface area contributed by atoms with Gasteiger partial charge < -0.3 is 10.6 Å². The van der Waals surface area contributed by atoms with E-state index in [9.17, 15) is 9.59 Å². The predicted octanol–water partition coefficient (Wildman–Crippen LogP) is 2.25. The molecule has 1 fully saturated rings. The number of nitriles is 1. The number of rotatable bonds is 6. The molecule has 1 heterocycles. The van der Waals surface area contributed by atoms with Gasteiger partial charge in [-0.15, -0.1) is 0 Å². The molecule has 2 N–H and O–H groups in total. The molecule has 1 saturated carbocycles. The Balaban J connectivity index is 2.03. The van der Waals surface area contributed by atoms with Crippen molar-refractivity contribution in [3.05, 3.63) is 24.5 Å². The molecule has 1 aromatic heterocycles. The Bertz CT molecular complexity index is 562. The number of hydrogen-bond donors (Lipinski definition) is 2. The molecule has 2 amide bonds. The summed E-state index contributed by atoms with van der Waals surface area (Å²) in [5.41, 5.74) is 0.617. The lowest BCUT2D eigenvalue weighted by molar-refractivity contribution is -0.133. The van der Waals surface area contributed by atoms with Gasteiger partial charge >= 0.3 is 0 Å². The molecule has 0 saturated heterocycles. The van der Waals surface area contributed by atoms with Crippen molar-refractivity contribution in [1.29, 1.82) is 5.26 Å². The number of pyridine rings is 1. The van der Waals surface area contributed by atoms with E-state index in [4.69, 9.17) is 5.26 Å². The molecule has 23 heavy (non-hydrogen) atoms. The van der Waals surface area contributed by atoms with Gasteiger partial charge in [-0.25, -0.2) is 0 Å². The lowest BCUT2D eigenvalue weighted by Crippen LogP contribution is -2.39. The van der Waals surface area contributed by atoms with Crippen LogP contribution in [-0.4, -0.2) is 23.3 Å². The first-order chi connectivity index (χ1) is 11.2. The number of nitrogens with zero attached hydrogens (tertiary/aromatic N) is 2. The van der Waals surface area contributed by atoms with Crippen LogP contribution in [0.3, 0.4) is 0 Å². The molecule has 1 aromatic rings. The molecular formula is C17H22N4O2. The van der Waals surface area contributed by atoms with Crippen molar-refractivity contribution in [3.8, 4) is 6.07 Å². The minimum absolute atomic E-state index is 0.0808. The Hall–Kier alpha value is -2.42. The largest absolute Gasteiger partial charge is 0.342 e. The maximum Gasteiger partial charge on any atom is 0.236 e. The van der Waals surface area contributed by atoms with Crippen LogP contribution in [0, 0.1) is 23.2 Å². The van der Waals surface area contributed by atoms with Crippen molar-refractivity contribution in [2.24, 2.45) is 11.8 Å². The third kappa shape index (κ3) is 5.37. The van der Waals surface area contributed by atoms with Gasteiger partial charge in [0.05, 0.1) is 6.07 Å². The summed E-state index contributed by atoms with van der Waals surface area (Å²) in [7, 11) is 0. The predicted molar refractivity (Wildman–Crippen MR) is 86.2 cm³/mol. The van der Waals surface area contributed by atoms with E-state index in [-0.39, 0.29) is 18.4 Å². The molecular weight excluding hydrogens is 292 g/mol. The molecule has 1 atom stereocenters. The van der Waals surface area contributed by atoms with Crippen LogP contribution in [0.15, 0.2) is 24.5 Å². The zero-order valence-electron chi connectivity index (χ0n) is 13.1. The summed E-state index contributed by atoms with van der Waals surface area (Å²) in [6, 6.07) is 5.24. The van der Waals surface area contributed by atoms with Gasteiger partial charge in [-0.2, -0.15) is 5.26 Å². The van der Waals surface area contributed by atoms with Gasteiger partial charge in [-0.3, -0.25) is 14.6 Å². The van der Waals surface area contributed by atoms with Crippen molar-refractivity contribution in [1.82, 2.24) is 10.3 Å². The summed E-state index contributed by atoms with van der Waals surface area (Å²) >= 11 is 0. The SMILES string of the molecule is N#CCNC(=O)C(CC1CCCCC1)C(=O)Nc1ccncc1. The zero-order valence-corrected chi connectivity index (χ0v) is 13.1. The number of aromatic nitrogens is 1. The van der Waals surface area contributed by atoms with Crippen molar-refractivity contribution < 1.29 is 9.59 Å². The fraction of sp³-hybridized carbons (Fsp3) is 0.529. The first-order valence-corrected chi connectivity index (χ1v) is 8.06. The summed E-state index contributed by atoms with van der Waals surface area (Å²) in [5.74, 6) is -1.06. The first kappa shape index (κ1) is 16.9. The highest BCUT2D eigenvalue weighted by Crippen LogP contribution is 2.29. The fourth-order valence-corrected chi connectivity index (χ4v) is 3.00. The molecule has 1 aliphatic carbocycles. The van der Waals surface area contributed by atoms with Crippen LogP contribution < -0.4 is 10.6 Å². The highest BCUT2D eigenvalue weighted by Gasteiger charge is 2.30. The molecule has 0 bridgehead atoms. The third-order valence-corrected chi connectivity index (χ3v) is 4.22. The van der Waals surface area contributed by atoms with Crippen molar-refractivity contribution in [2.45, 2.75) is 38.5 Å². The van der Waals surface area contributed by atoms with Crippen LogP contribution in [0.5, 0.6) is 0 Å². The summed E-state index contributed by atoms with van der Waals surface area (Å²) in [6.45, 7) is -0.0808. The van der Waals surface area contributed by atoms with E-state index < -0.39 is 5.92 Å². The molecule has 1 unspecified atom stereocenters. The summed E-state index contributed by atoms with van der Waals surface area (Å²) in [6.07, 6.45) is 9.36. The molecule has 1 aliphatic rings. The van der Waals surface area contributed by atoms with Crippen molar-refractivity contribution >= 4 is 17.5 Å². The molecule has 0 radical (unpaired) electrons. The molecule has 6 nitrogen and oxygen atoms in total. The second kappa shape index (κ2) is 8.89. The number of nitrogens with one attached hydrogen (secondary N) is 2. The van der Waals surface area contributed by atoms with Gasteiger partial charge in [0.2, 0.25) is 11.8 Å². The number of carbonyl (C=O) groups excluding carboxylic acids is 2. The van der Waals surface area contributed by atoms with E-state index in [2.05, 4.69) is 15.6 Å². The van der Waals surface area contributed by atoms with Crippen LogP contribution in [-0.2, 0) is 9.59 Å². The van der Waals surface area contributed by atoms with E-state index >= 15 is 0 Å². The third-order valence-electron chi connectivity index (χ3n) is 4.22. The molecule has 0 spiro atoms. The maximum absolute atomic E-state index is 12.5. The summed E-state index contributed by atoms with van der Waals surface area (Å²) in [4.78, 5) is 28.7. The fourth-order valence-electron chi connectivity index (χ4n) is 3.00. The van der Waals surface area contributed by atoms with Crippen LogP contribution >= 0.6 is 0 Å². The molecule has 122 valence electrons. The number of anilines is 1. The van der Waals surface area contributed by atoms with Crippen LogP contribution in [0.1, 0.15) is 38.5 Å². The lowest BCUT2D eigenvalue weighted by Gasteiger charge is -2.25. The second-order valence-corrected chi connectivity index (χ2v) is 5.89. The minimum Gasteiger partial charge on any atom is -0.342 e. The van der Waals surface area contributed by atoms with Gasteiger partial charge in [0.1, 0.15) is 12.5 Å². The first-order valence-electron chi connectivity index (χ1n) is 8.06. The molecule has 2 rings (SSSR count). The van der Waals surface area contributed by atoms with E-state index in [1.807, 2.05) is 6.07 Å². The molecule has 0 aromatic carbocycles. The Labute approximate surface area is 136 Å². The highest BCUT2D eigenvalue weighted by atomic mass is 16.2. The van der Waals surface area contributed by atoms with E-state index in [1.54, 1.807) is 24.5 Å². The average Bonchev–Trinajstić information content (AvgIpc) is 2.59. The summed E-state index contributed by atoms with van der Waals surface area (Å²) < 4.78 is 0. The van der Waals surface area contributed by atoms with Crippen molar-refractivity contribution in [2.75, 3.05) is 11.9 Å². The van der Waals surface area contributed by atoms with Gasteiger partial charge in [-0.1, -0.05) is 32.1 Å². The standard InChI is InChI=1S/C17H22N4O2/c18-8-11-20-16(22)15(12-13-4-2-1-3-5-13)17(23)21-14-6-9-19-10-7-14/h6-7,9-10,13,15H,1-5,11-12H2,(H,20,22)(H,19,21,23). The smallest absolute Gasteiger partial charge is 0.236 e. The Kier molecular flexibility index (Phi) is 6.55. The number of amides is 2. The van der Waals surface area contributed by atoms with E-state index in [0.717, 1.165) is 25.7 Å².